The van der Waals surface area contributed by atoms with Crippen molar-refractivity contribution in [1.82, 2.24) is 9.80 Å². The second-order valence-electron chi connectivity index (χ2n) is 8.70. The molecule has 0 radical (unpaired) electrons. The van der Waals surface area contributed by atoms with Crippen molar-refractivity contribution in [3.8, 4) is 0 Å². The van der Waals surface area contributed by atoms with Gasteiger partial charge in [-0.05, 0) is 69.4 Å². The number of hydrogen-bond donors (Lipinski definition) is 0. The van der Waals surface area contributed by atoms with Crippen molar-refractivity contribution in [2.24, 2.45) is 23.7 Å². The normalized spacial score (nSPS) is 25.6. The van der Waals surface area contributed by atoms with Crippen LogP contribution in [0.3, 0.4) is 0 Å². The molecule has 1 aliphatic carbocycles. The van der Waals surface area contributed by atoms with Crippen molar-refractivity contribution >= 4 is 5.91 Å². The molecule has 148 valence electrons. The molecule has 0 unspecified atom stereocenters. The van der Waals surface area contributed by atoms with Gasteiger partial charge in [-0.3, -0.25) is 4.79 Å². The lowest BCUT2D eigenvalue weighted by molar-refractivity contribution is -0.136. The summed E-state index contributed by atoms with van der Waals surface area (Å²) in [6.45, 7) is 16.5. The van der Waals surface area contributed by atoms with Crippen LogP contribution in [0.4, 0.5) is 0 Å². The lowest BCUT2D eigenvalue weighted by Crippen LogP contribution is -2.43. The molecule has 1 saturated heterocycles. The Bertz CT molecular complexity index is 364. The minimum absolute atomic E-state index is 0.128. The molecule has 3 heteroatoms. The Hall–Kier alpha value is -0.570. The molecule has 0 aromatic heterocycles. The number of rotatable bonds is 5. The Morgan fingerprint density at radius 1 is 0.920 bits per heavy atom. The summed E-state index contributed by atoms with van der Waals surface area (Å²) < 4.78 is 0. The van der Waals surface area contributed by atoms with E-state index < -0.39 is 0 Å². The van der Waals surface area contributed by atoms with E-state index in [0.29, 0.717) is 11.9 Å². The second kappa shape index (κ2) is 11.2. The van der Waals surface area contributed by atoms with Crippen molar-refractivity contribution in [3.05, 3.63) is 0 Å². The topological polar surface area (TPSA) is 23.6 Å². The Morgan fingerprint density at radius 2 is 1.40 bits per heavy atom. The fourth-order valence-electron chi connectivity index (χ4n) is 4.67. The SMILES string of the molecule is CC.CC(C)CN1CCC(C2CCC(N(C)C(=O)C(C)C)CC2)CC1. The molecule has 2 rings (SSSR count). The zero-order valence-corrected chi connectivity index (χ0v) is 18.1. The third-order valence-corrected chi connectivity index (χ3v) is 6.05. The molecular weight excluding hydrogens is 308 g/mol. The van der Waals surface area contributed by atoms with Crippen LogP contribution in [0.2, 0.25) is 0 Å². The molecule has 0 atom stereocenters. The van der Waals surface area contributed by atoms with Gasteiger partial charge in [-0.2, -0.15) is 0 Å². The van der Waals surface area contributed by atoms with Gasteiger partial charge in [0.15, 0.2) is 0 Å². The number of amides is 1. The molecule has 1 heterocycles. The number of piperidine rings is 1. The summed E-state index contributed by atoms with van der Waals surface area (Å²) in [4.78, 5) is 16.9. The summed E-state index contributed by atoms with van der Waals surface area (Å²) in [7, 11) is 2.01. The van der Waals surface area contributed by atoms with Crippen molar-refractivity contribution < 1.29 is 4.79 Å². The van der Waals surface area contributed by atoms with Crippen molar-refractivity contribution in [3.63, 3.8) is 0 Å². The predicted molar refractivity (Wildman–Crippen MR) is 109 cm³/mol. The van der Waals surface area contributed by atoms with Crippen LogP contribution in [0.1, 0.15) is 80.1 Å². The lowest BCUT2D eigenvalue weighted by Gasteiger charge is -2.41. The van der Waals surface area contributed by atoms with E-state index >= 15 is 0 Å². The number of nitrogens with zero attached hydrogens (tertiary/aromatic N) is 2. The van der Waals surface area contributed by atoms with Gasteiger partial charge >= 0.3 is 0 Å². The molecule has 1 aliphatic heterocycles. The summed E-state index contributed by atoms with van der Waals surface area (Å²) in [6.07, 6.45) is 7.87. The zero-order chi connectivity index (χ0) is 19.0. The maximum Gasteiger partial charge on any atom is 0.225 e. The minimum Gasteiger partial charge on any atom is -0.343 e. The van der Waals surface area contributed by atoms with Gasteiger partial charge in [-0.15, -0.1) is 0 Å². The first-order chi connectivity index (χ1) is 11.9. The van der Waals surface area contributed by atoms with E-state index in [2.05, 4.69) is 18.7 Å². The largest absolute Gasteiger partial charge is 0.343 e. The van der Waals surface area contributed by atoms with E-state index in [1.165, 1.54) is 58.2 Å². The van der Waals surface area contributed by atoms with E-state index in [-0.39, 0.29) is 5.92 Å². The third-order valence-electron chi connectivity index (χ3n) is 6.05. The van der Waals surface area contributed by atoms with Crippen molar-refractivity contribution in [1.29, 1.82) is 0 Å². The van der Waals surface area contributed by atoms with Crippen molar-refractivity contribution in [2.45, 2.75) is 86.1 Å². The van der Waals surface area contributed by atoms with Crippen LogP contribution in [0.15, 0.2) is 0 Å². The molecule has 0 spiro atoms. The van der Waals surface area contributed by atoms with Crippen molar-refractivity contribution in [2.75, 3.05) is 26.7 Å². The summed E-state index contributed by atoms with van der Waals surface area (Å²) in [5.41, 5.74) is 0. The van der Waals surface area contributed by atoms with Gasteiger partial charge in [-0.25, -0.2) is 0 Å². The van der Waals surface area contributed by atoms with Crippen LogP contribution >= 0.6 is 0 Å². The summed E-state index contributed by atoms with van der Waals surface area (Å²) in [6, 6.07) is 0.488. The number of carbonyl (C=O) groups excluding carboxylic acids is 1. The highest BCUT2D eigenvalue weighted by Crippen LogP contribution is 2.37. The maximum atomic E-state index is 12.2. The van der Waals surface area contributed by atoms with E-state index in [9.17, 15) is 4.79 Å². The molecule has 25 heavy (non-hydrogen) atoms. The van der Waals surface area contributed by atoms with Crippen LogP contribution < -0.4 is 0 Å². The molecule has 2 aliphatic rings. The predicted octanol–water partition coefficient (Wildman–Crippen LogP) is 5.05. The highest BCUT2D eigenvalue weighted by Gasteiger charge is 2.32. The molecule has 3 nitrogen and oxygen atoms in total. The smallest absolute Gasteiger partial charge is 0.225 e. The average molecular weight is 353 g/mol. The van der Waals surface area contributed by atoms with Crippen LogP contribution in [-0.4, -0.2) is 48.4 Å². The summed E-state index contributed by atoms with van der Waals surface area (Å²) >= 11 is 0. The molecule has 1 amide bonds. The van der Waals surface area contributed by atoms with Gasteiger partial charge in [0.05, 0.1) is 0 Å². The molecule has 0 aromatic rings. The van der Waals surface area contributed by atoms with Gasteiger partial charge in [0.2, 0.25) is 5.91 Å². The van der Waals surface area contributed by atoms with Gasteiger partial charge in [0, 0.05) is 25.6 Å². The number of likely N-dealkylation sites (tertiary alicyclic amines) is 1. The number of carbonyl (C=O) groups is 1. The Kier molecular flexibility index (Phi) is 10.1. The van der Waals surface area contributed by atoms with Gasteiger partial charge in [0.1, 0.15) is 0 Å². The first-order valence-electron chi connectivity index (χ1n) is 10.9. The van der Waals surface area contributed by atoms with E-state index in [1.807, 2.05) is 39.6 Å². The van der Waals surface area contributed by atoms with E-state index in [1.54, 1.807) is 0 Å². The molecule has 0 bridgehead atoms. The standard InChI is InChI=1S/C20H38N2O.C2H6/c1-15(2)14-22-12-10-18(11-13-22)17-6-8-19(9-7-17)21(5)20(23)16(3)4;1-2/h15-19H,6-14H2,1-5H3;1-2H3. The fraction of sp³-hybridized carbons (Fsp3) is 0.955. The lowest BCUT2D eigenvalue weighted by atomic mass is 9.74. The summed E-state index contributed by atoms with van der Waals surface area (Å²) in [5.74, 6) is 3.08. The molecule has 0 aromatic carbocycles. The Labute approximate surface area is 157 Å². The first-order valence-corrected chi connectivity index (χ1v) is 10.9. The van der Waals surface area contributed by atoms with Crippen LogP contribution in [-0.2, 0) is 4.79 Å². The Balaban J connectivity index is 0.00000151. The van der Waals surface area contributed by atoms with Gasteiger partial charge in [-0.1, -0.05) is 41.5 Å². The monoisotopic (exact) mass is 352 g/mol. The molecule has 1 saturated carbocycles. The second-order valence-corrected chi connectivity index (χ2v) is 8.70. The zero-order valence-electron chi connectivity index (χ0n) is 18.1. The van der Waals surface area contributed by atoms with Crippen LogP contribution in [0.5, 0.6) is 0 Å². The Morgan fingerprint density at radius 3 is 1.84 bits per heavy atom. The van der Waals surface area contributed by atoms with Crippen LogP contribution in [0, 0.1) is 23.7 Å². The van der Waals surface area contributed by atoms with Gasteiger partial charge in [0.25, 0.3) is 0 Å². The maximum absolute atomic E-state index is 12.2. The minimum atomic E-state index is 0.128. The van der Waals surface area contributed by atoms with Crippen LogP contribution in [0.25, 0.3) is 0 Å². The molecule has 0 N–H and O–H groups in total. The highest BCUT2D eigenvalue weighted by atomic mass is 16.2. The highest BCUT2D eigenvalue weighted by molar-refractivity contribution is 5.78. The number of hydrogen-bond acceptors (Lipinski definition) is 2. The third kappa shape index (κ3) is 6.92. The molecule has 2 fully saturated rings. The first kappa shape index (κ1) is 22.5. The molecular formula is C22H44N2O. The van der Waals surface area contributed by atoms with Gasteiger partial charge < -0.3 is 9.80 Å². The summed E-state index contributed by atoms with van der Waals surface area (Å²) in [5, 5.41) is 0. The van der Waals surface area contributed by atoms with E-state index in [4.69, 9.17) is 0 Å². The average Bonchev–Trinajstić information content (AvgIpc) is 2.62. The van der Waals surface area contributed by atoms with E-state index in [0.717, 1.165) is 17.8 Å². The quantitative estimate of drug-likeness (QED) is 0.691. The fourth-order valence-corrected chi connectivity index (χ4v) is 4.67.